The van der Waals surface area contributed by atoms with E-state index in [1.54, 1.807) is 4.90 Å². The van der Waals surface area contributed by atoms with Gasteiger partial charge in [0.05, 0.1) is 11.5 Å². The number of amides is 1. The molecule has 0 aromatic rings. The Hall–Kier alpha value is -0.620. The molecule has 6 heteroatoms. The molecule has 0 aromatic carbocycles. The van der Waals surface area contributed by atoms with Crippen LogP contribution in [0.5, 0.6) is 0 Å². The molecule has 2 N–H and O–H groups in total. The van der Waals surface area contributed by atoms with Crippen molar-refractivity contribution in [1.82, 2.24) is 4.90 Å². The lowest BCUT2D eigenvalue weighted by molar-refractivity contribution is -0.133. The van der Waals surface area contributed by atoms with Crippen molar-refractivity contribution in [3.8, 4) is 0 Å². The molecule has 3 atom stereocenters. The van der Waals surface area contributed by atoms with Crippen LogP contribution in [0.3, 0.4) is 0 Å². The van der Waals surface area contributed by atoms with Gasteiger partial charge in [-0.15, -0.1) is 0 Å². The third-order valence-electron chi connectivity index (χ3n) is 4.16. The van der Waals surface area contributed by atoms with Gasteiger partial charge in [-0.3, -0.25) is 4.79 Å². The fraction of sp³-hybridized carbons (Fsp3) is 0.917. The highest BCUT2D eigenvalue weighted by Crippen LogP contribution is 2.24. The summed E-state index contributed by atoms with van der Waals surface area (Å²) in [5, 5.41) is 0. The molecule has 104 valence electrons. The number of nitrogens with zero attached hydrogens (tertiary/aromatic N) is 1. The summed E-state index contributed by atoms with van der Waals surface area (Å²) in [5.74, 6) is 0.953. The maximum atomic E-state index is 12.1. The Morgan fingerprint density at radius 2 is 2.11 bits per heavy atom. The van der Waals surface area contributed by atoms with Gasteiger partial charge in [0, 0.05) is 25.6 Å². The molecule has 3 unspecified atom stereocenters. The van der Waals surface area contributed by atoms with Crippen LogP contribution in [0, 0.1) is 11.8 Å². The zero-order valence-electron chi connectivity index (χ0n) is 10.8. The highest BCUT2D eigenvalue weighted by atomic mass is 32.2. The normalized spacial score (nSPS) is 35.7. The molecule has 0 aliphatic carbocycles. The first kappa shape index (κ1) is 13.8. The van der Waals surface area contributed by atoms with Crippen molar-refractivity contribution in [3.63, 3.8) is 0 Å². The Labute approximate surface area is 109 Å². The van der Waals surface area contributed by atoms with E-state index in [-0.39, 0.29) is 29.4 Å². The lowest BCUT2D eigenvalue weighted by Gasteiger charge is -2.35. The molecule has 0 spiro atoms. The maximum absolute atomic E-state index is 12.1. The molecule has 2 rings (SSSR count). The number of nitrogens with two attached hydrogens (primary N) is 1. The number of piperidine rings is 1. The molecule has 2 aliphatic heterocycles. The minimum absolute atomic E-state index is 0.0121. The van der Waals surface area contributed by atoms with Crippen LogP contribution in [0.4, 0.5) is 0 Å². The summed E-state index contributed by atoms with van der Waals surface area (Å²) in [5.41, 5.74) is 5.97. The van der Waals surface area contributed by atoms with E-state index in [0.29, 0.717) is 25.3 Å². The van der Waals surface area contributed by atoms with E-state index in [4.69, 9.17) is 5.73 Å². The van der Waals surface area contributed by atoms with Crippen molar-refractivity contribution in [2.75, 3.05) is 24.6 Å². The van der Waals surface area contributed by atoms with E-state index in [1.165, 1.54) is 0 Å². The van der Waals surface area contributed by atoms with Crippen LogP contribution < -0.4 is 5.73 Å². The van der Waals surface area contributed by atoms with E-state index in [1.807, 2.05) is 0 Å². The quantitative estimate of drug-likeness (QED) is 0.769. The van der Waals surface area contributed by atoms with Crippen molar-refractivity contribution >= 4 is 15.7 Å². The average Bonchev–Trinajstić information content (AvgIpc) is 2.62. The number of rotatable bonds is 2. The fourth-order valence-corrected chi connectivity index (χ4v) is 4.60. The fourth-order valence-electron chi connectivity index (χ4n) is 2.73. The van der Waals surface area contributed by atoms with Crippen LogP contribution in [0.2, 0.25) is 0 Å². The van der Waals surface area contributed by atoms with Gasteiger partial charge in [-0.25, -0.2) is 8.42 Å². The van der Waals surface area contributed by atoms with Gasteiger partial charge in [0.2, 0.25) is 5.91 Å². The van der Waals surface area contributed by atoms with Gasteiger partial charge in [-0.2, -0.15) is 0 Å². The van der Waals surface area contributed by atoms with Crippen LogP contribution in [0.15, 0.2) is 0 Å². The monoisotopic (exact) mass is 274 g/mol. The van der Waals surface area contributed by atoms with E-state index >= 15 is 0 Å². The summed E-state index contributed by atoms with van der Waals surface area (Å²) in [6.07, 6.45) is 1.93. The van der Waals surface area contributed by atoms with Crippen LogP contribution in [0.1, 0.15) is 26.2 Å². The molecule has 2 heterocycles. The lowest BCUT2D eigenvalue weighted by Crippen LogP contribution is -2.50. The third-order valence-corrected chi connectivity index (χ3v) is 6.00. The summed E-state index contributed by atoms with van der Waals surface area (Å²) in [6, 6.07) is 0.0509. The van der Waals surface area contributed by atoms with E-state index in [9.17, 15) is 13.2 Å². The minimum Gasteiger partial charge on any atom is -0.341 e. The summed E-state index contributed by atoms with van der Waals surface area (Å²) in [7, 11) is -2.89. The zero-order valence-corrected chi connectivity index (χ0v) is 11.7. The first-order chi connectivity index (χ1) is 8.37. The lowest BCUT2D eigenvalue weighted by atomic mass is 9.93. The van der Waals surface area contributed by atoms with E-state index in [0.717, 1.165) is 13.0 Å². The van der Waals surface area contributed by atoms with Gasteiger partial charge in [-0.05, 0) is 24.7 Å². The third kappa shape index (κ3) is 3.23. The second-order valence-corrected chi connectivity index (χ2v) is 7.97. The van der Waals surface area contributed by atoms with Gasteiger partial charge in [0.25, 0.3) is 0 Å². The number of hydrogen-bond donors (Lipinski definition) is 1. The topological polar surface area (TPSA) is 80.5 Å². The molecular weight excluding hydrogens is 252 g/mol. The van der Waals surface area contributed by atoms with Gasteiger partial charge in [0.1, 0.15) is 0 Å². The molecule has 18 heavy (non-hydrogen) atoms. The highest BCUT2D eigenvalue weighted by molar-refractivity contribution is 7.91. The summed E-state index contributed by atoms with van der Waals surface area (Å²) < 4.78 is 22.7. The van der Waals surface area contributed by atoms with E-state index < -0.39 is 9.84 Å². The smallest absolute Gasteiger partial charge is 0.222 e. The zero-order chi connectivity index (χ0) is 13.3. The number of carbonyl (C=O) groups excluding carboxylic acids is 1. The Balaban J connectivity index is 1.85. The molecule has 0 bridgehead atoms. The number of hydrogen-bond acceptors (Lipinski definition) is 4. The molecule has 2 saturated heterocycles. The molecule has 2 fully saturated rings. The Bertz CT molecular complexity index is 421. The maximum Gasteiger partial charge on any atom is 0.222 e. The molecule has 0 aromatic heterocycles. The predicted octanol–water partition coefficient (Wildman–Crippen LogP) is 0.00690. The number of sulfone groups is 1. The van der Waals surface area contributed by atoms with Gasteiger partial charge < -0.3 is 10.6 Å². The van der Waals surface area contributed by atoms with E-state index in [2.05, 4.69) is 6.92 Å². The second-order valence-electron chi connectivity index (χ2n) is 5.74. The molecule has 0 saturated carbocycles. The van der Waals surface area contributed by atoms with Crippen molar-refractivity contribution in [3.05, 3.63) is 0 Å². The summed E-state index contributed by atoms with van der Waals surface area (Å²) >= 11 is 0. The van der Waals surface area contributed by atoms with Crippen LogP contribution in [-0.2, 0) is 14.6 Å². The van der Waals surface area contributed by atoms with Crippen molar-refractivity contribution in [2.24, 2.45) is 17.6 Å². The molecule has 0 radical (unpaired) electrons. The summed E-state index contributed by atoms with van der Waals surface area (Å²) in [4.78, 5) is 13.9. The highest BCUT2D eigenvalue weighted by Gasteiger charge is 2.32. The first-order valence-corrected chi connectivity index (χ1v) is 8.43. The standard InChI is InChI=1S/C12H22N2O3S/c1-9-2-4-14(7-11(9)13)12(15)6-10-3-5-18(16,17)8-10/h9-11H,2-8,13H2,1H3. The van der Waals surface area contributed by atoms with Crippen LogP contribution in [-0.4, -0.2) is 49.9 Å². The van der Waals surface area contributed by atoms with Gasteiger partial charge in [-0.1, -0.05) is 6.92 Å². The summed E-state index contributed by atoms with van der Waals surface area (Å²) in [6.45, 7) is 3.47. The van der Waals surface area contributed by atoms with Crippen molar-refractivity contribution < 1.29 is 13.2 Å². The number of carbonyl (C=O) groups is 1. The number of likely N-dealkylation sites (tertiary alicyclic amines) is 1. The Morgan fingerprint density at radius 1 is 1.39 bits per heavy atom. The predicted molar refractivity (Wildman–Crippen MR) is 69.7 cm³/mol. The average molecular weight is 274 g/mol. The van der Waals surface area contributed by atoms with Crippen LogP contribution in [0.25, 0.3) is 0 Å². The van der Waals surface area contributed by atoms with Crippen molar-refractivity contribution in [2.45, 2.75) is 32.2 Å². The second kappa shape index (κ2) is 5.17. The minimum atomic E-state index is -2.89. The first-order valence-electron chi connectivity index (χ1n) is 6.61. The Morgan fingerprint density at radius 3 is 2.67 bits per heavy atom. The molecule has 2 aliphatic rings. The SMILES string of the molecule is CC1CCN(C(=O)CC2CCS(=O)(=O)C2)CC1N. The van der Waals surface area contributed by atoms with Gasteiger partial charge in [0.15, 0.2) is 9.84 Å². The molecule has 5 nitrogen and oxygen atoms in total. The largest absolute Gasteiger partial charge is 0.341 e. The van der Waals surface area contributed by atoms with Gasteiger partial charge >= 0.3 is 0 Å². The van der Waals surface area contributed by atoms with Crippen LogP contribution >= 0.6 is 0 Å². The molecule has 1 amide bonds. The molecular formula is C12H22N2O3S. The Kier molecular flexibility index (Phi) is 3.96. The van der Waals surface area contributed by atoms with Crippen molar-refractivity contribution in [1.29, 1.82) is 0 Å².